The van der Waals surface area contributed by atoms with Crippen LogP contribution in [0.25, 0.3) is 0 Å². The van der Waals surface area contributed by atoms with Gasteiger partial charge in [-0.25, -0.2) is 9.38 Å². The number of nitrogens with zero attached hydrogens (tertiary/aromatic N) is 1. The highest BCUT2D eigenvalue weighted by atomic mass is 127. The first-order chi connectivity index (χ1) is 14.1. The minimum absolute atomic E-state index is 0. The second kappa shape index (κ2) is 14.0. The molecule has 0 radical (unpaired) electrons. The molecule has 0 aromatic heterocycles. The molecule has 0 saturated carbocycles. The zero-order valence-corrected chi connectivity index (χ0v) is 20.3. The third-order valence-electron chi connectivity index (χ3n) is 4.19. The number of rotatable bonds is 10. The van der Waals surface area contributed by atoms with E-state index in [1.165, 1.54) is 13.2 Å². The lowest BCUT2D eigenvalue weighted by molar-refractivity contribution is 0.145. The number of halogens is 2. The lowest BCUT2D eigenvalue weighted by atomic mass is 10.1. The predicted octanol–water partition coefficient (Wildman–Crippen LogP) is 4.04. The van der Waals surface area contributed by atoms with Gasteiger partial charge in [0.1, 0.15) is 12.4 Å². The Morgan fingerprint density at radius 2 is 1.83 bits per heavy atom. The quantitative estimate of drug-likeness (QED) is 0.210. The summed E-state index contributed by atoms with van der Waals surface area (Å²) >= 11 is 0. The van der Waals surface area contributed by atoms with Crippen molar-refractivity contribution in [1.82, 2.24) is 10.6 Å². The molecule has 0 amide bonds. The van der Waals surface area contributed by atoms with Crippen molar-refractivity contribution in [2.45, 2.75) is 26.9 Å². The van der Waals surface area contributed by atoms with Crippen molar-refractivity contribution in [1.29, 1.82) is 0 Å². The van der Waals surface area contributed by atoms with Crippen LogP contribution < -0.4 is 20.1 Å². The summed E-state index contributed by atoms with van der Waals surface area (Å²) in [6.45, 7) is 6.66. The van der Waals surface area contributed by atoms with Crippen LogP contribution in [0.1, 0.15) is 23.6 Å². The molecule has 0 heterocycles. The largest absolute Gasteiger partial charge is 0.494 e. The molecule has 2 rings (SSSR count). The van der Waals surface area contributed by atoms with Crippen molar-refractivity contribution < 1.29 is 18.6 Å². The van der Waals surface area contributed by atoms with Crippen molar-refractivity contribution in [3.05, 3.63) is 58.9 Å². The highest BCUT2D eigenvalue weighted by Crippen LogP contribution is 2.20. The maximum Gasteiger partial charge on any atom is 0.191 e. The molecule has 0 atom stereocenters. The Kier molecular flexibility index (Phi) is 12.1. The van der Waals surface area contributed by atoms with Gasteiger partial charge in [-0.1, -0.05) is 18.2 Å². The average Bonchev–Trinajstić information content (AvgIpc) is 2.71. The molecule has 30 heavy (non-hydrogen) atoms. The van der Waals surface area contributed by atoms with Gasteiger partial charge in [0.2, 0.25) is 0 Å². The van der Waals surface area contributed by atoms with Crippen molar-refractivity contribution in [2.75, 3.05) is 34.0 Å². The molecular formula is C22H31FIN3O3. The van der Waals surface area contributed by atoms with E-state index < -0.39 is 5.82 Å². The summed E-state index contributed by atoms with van der Waals surface area (Å²) in [5, 5.41) is 6.51. The van der Waals surface area contributed by atoms with Crippen LogP contribution in [0.15, 0.2) is 41.4 Å². The number of benzene rings is 2. The summed E-state index contributed by atoms with van der Waals surface area (Å²) in [5.74, 6) is 1.30. The van der Waals surface area contributed by atoms with Crippen LogP contribution in [0.4, 0.5) is 4.39 Å². The lowest BCUT2D eigenvalue weighted by Crippen LogP contribution is -2.36. The molecule has 2 aromatic carbocycles. The van der Waals surface area contributed by atoms with Crippen LogP contribution in [0.5, 0.6) is 11.5 Å². The Balaban J connectivity index is 0.00000450. The number of hydrogen-bond donors (Lipinski definition) is 2. The third-order valence-corrected chi connectivity index (χ3v) is 4.19. The number of aryl methyl sites for hydroxylation is 1. The van der Waals surface area contributed by atoms with Crippen LogP contribution in [-0.4, -0.2) is 39.9 Å². The average molecular weight is 531 g/mol. The van der Waals surface area contributed by atoms with Crippen molar-refractivity contribution in [2.24, 2.45) is 4.99 Å². The summed E-state index contributed by atoms with van der Waals surface area (Å²) in [6.07, 6.45) is 0. The van der Waals surface area contributed by atoms with E-state index in [0.29, 0.717) is 38.8 Å². The van der Waals surface area contributed by atoms with Gasteiger partial charge in [0.15, 0.2) is 17.5 Å². The zero-order valence-electron chi connectivity index (χ0n) is 18.0. The topological polar surface area (TPSA) is 64.1 Å². The molecule has 0 aliphatic heterocycles. The highest BCUT2D eigenvalue weighted by Gasteiger charge is 2.07. The van der Waals surface area contributed by atoms with Gasteiger partial charge in [0.05, 0.1) is 20.3 Å². The monoisotopic (exact) mass is 531 g/mol. The molecule has 166 valence electrons. The van der Waals surface area contributed by atoms with Crippen molar-refractivity contribution >= 4 is 29.9 Å². The SMILES string of the molecule is CCNC(=NCc1ccc(OC)c(F)c1)NCc1ccc(C)cc1OCCOC.I. The minimum atomic E-state index is -0.393. The Hall–Kier alpha value is -2.07. The summed E-state index contributed by atoms with van der Waals surface area (Å²) in [6, 6.07) is 10.9. The lowest BCUT2D eigenvalue weighted by Gasteiger charge is -2.15. The van der Waals surface area contributed by atoms with Crippen molar-refractivity contribution in [3.63, 3.8) is 0 Å². The van der Waals surface area contributed by atoms with E-state index in [1.807, 2.05) is 32.0 Å². The number of aliphatic imine (C=N–C) groups is 1. The minimum Gasteiger partial charge on any atom is -0.494 e. The maximum absolute atomic E-state index is 13.9. The van der Waals surface area contributed by atoms with E-state index in [9.17, 15) is 4.39 Å². The van der Waals surface area contributed by atoms with Gasteiger partial charge in [-0.3, -0.25) is 0 Å². The first kappa shape index (κ1) is 26.0. The fourth-order valence-electron chi connectivity index (χ4n) is 2.68. The van der Waals surface area contributed by atoms with Gasteiger partial charge in [-0.15, -0.1) is 24.0 Å². The number of ether oxygens (including phenoxy) is 3. The maximum atomic E-state index is 13.9. The fourth-order valence-corrected chi connectivity index (χ4v) is 2.68. The normalized spacial score (nSPS) is 10.9. The van der Waals surface area contributed by atoms with E-state index in [4.69, 9.17) is 14.2 Å². The molecule has 2 aromatic rings. The first-order valence-corrected chi connectivity index (χ1v) is 9.63. The number of hydrogen-bond acceptors (Lipinski definition) is 4. The number of nitrogens with one attached hydrogen (secondary N) is 2. The molecule has 0 fully saturated rings. The summed E-state index contributed by atoms with van der Waals surface area (Å²) < 4.78 is 29.7. The molecule has 8 heteroatoms. The smallest absolute Gasteiger partial charge is 0.191 e. The second-order valence-corrected chi connectivity index (χ2v) is 6.47. The van der Waals surface area contributed by atoms with E-state index >= 15 is 0 Å². The van der Waals surface area contributed by atoms with Crippen LogP contribution in [0.2, 0.25) is 0 Å². The Morgan fingerprint density at radius 3 is 2.50 bits per heavy atom. The molecule has 0 aliphatic rings. The van der Waals surface area contributed by atoms with Gasteiger partial charge in [-0.05, 0) is 43.2 Å². The molecular weight excluding hydrogens is 500 g/mol. The van der Waals surface area contributed by atoms with E-state index in [1.54, 1.807) is 19.2 Å². The Bertz CT molecular complexity index is 818. The van der Waals surface area contributed by atoms with Crippen LogP contribution in [0, 0.1) is 12.7 Å². The first-order valence-electron chi connectivity index (χ1n) is 9.63. The Labute approximate surface area is 195 Å². The molecule has 0 saturated heterocycles. The van der Waals surface area contributed by atoms with Crippen LogP contribution in [-0.2, 0) is 17.8 Å². The number of guanidine groups is 1. The molecule has 0 bridgehead atoms. The number of methoxy groups -OCH3 is 2. The van der Waals surface area contributed by atoms with E-state index in [0.717, 1.165) is 22.4 Å². The molecule has 6 nitrogen and oxygen atoms in total. The molecule has 0 aliphatic carbocycles. The van der Waals surface area contributed by atoms with Crippen molar-refractivity contribution in [3.8, 4) is 11.5 Å². The van der Waals surface area contributed by atoms with E-state index in [2.05, 4.69) is 15.6 Å². The highest BCUT2D eigenvalue weighted by molar-refractivity contribution is 14.0. The Morgan fingerprint density at radius 1 is 1.03 bits per heavy atom. The second-order valence-electron chi connectivity index (χ2n) is 6.47. The zero-order chi connectivity index (χ0) is 21.1. The third kappa shape index (κ3) is 8.35. The van der Waals surface area contributed by atoms with Gasteiger partial charge in [0, 0.05) is 25.8 Å². The molecule has 2 N–H and O–H groups in total. The summed E-state index contributed by atoms with van der Waals surface area (Å²) in [7, 11) is 3.09. The van der Waals surface area contributed by atoms with Crippen LogP contribution in [0.3, 0.4) is 0 Å². The molecule has 0 spiro atoms. The fraction of sp³-hybridized carbons (Fsp3) is 0.409. The summed E-state index contributed by atoms with van der Waals surface area (Å²) in [5.41, 5.74) is 2.91. The van der Waals surface area contributed by atoms with Gasteiger partial charge < -0.3 is 24.8 Å². The predicted molar refractivity (Wildman–Crippen MR) is 129 cm³/mol. The van der Waals surface area contributed by atoms with Gasteiger partial charge >= 0.3 is 0 Å². The van der Waals surface area contributed by atoms with Crippen LogP contribution >= 0.6 is 24.0 Å². The molecule has 0 unspecified atom stereocenters. The van der Waals surface area contributed by atoms with E-state index in [-0.39, 0.29) is 29.7 Å². The van der Waals surface area contributed by atoms with Gasteiger partial charge in [-0.2, -0.15) is 0 Å². The standard InChI is InChI=1S/C22H30FN3O3.HI/c1-5-24-22(25-14-17-7-9-20(28-4)19(23)13-17)26-15-18-8-6-16(2)12-21(18)29-11-10-27-3;/h6-9,12-13H,5,10-11,14-15H2,1-4H3,(H2,24,25,26);1H. The van der Waals surface area contributed by atoms with Gasteiger partial charge in [0.25, 0.3) is 0 Å². The summed E-state index contributed by atoms with van der Waals surface area (Å²) in [4.78, 5) is 4.54.